The molecule has 0 spiro atoms. The van der Waals surface area contributed by atoms with Crippen LogP contribution in [-0.2, 0) is 5.41 Å². The molecule has 2 N–H and O–H groups in total. The Balaban J connectivity index is 3.03. The van der Waals surface area contributed by atoms with Gasteiger partial charge in [0.2, 0.25) is 0 Å². The zero-order valence-corrected chi connectivity index (χ0v) is 10.1. The fourth-order valence-electron chi connectivity index (χ4n) is 1.60. The van der Waals surface area contributed by atoms with E-state index in [0.717, 1.165) is 0 Å². The van der Waals surface area contributed by atoms with Gasteiger partial charge in [-0.2, -0.15) is 0 Å². The van der Waals surface area contributed by atoms with Crippen molar-refractivity contribution in [1.29, 1.82) is 0 Å². The number of halogens is 1. The smallest absolute Gasteiger partial charge is 0.404 e. The first-order valence-electron chi connectivity index (χ1n) is 5.17. The maximum atomic E-state index is 13.2. The second-order valence-electron chi connectivity index (χ2n) is 4.39. The van der Waals surface area contributed by atoms with Crippen LogP contribution in [0.4, 0.5) is 9.18 Å². The summed E-state index contributed by atoms with van der Waals surface area (Å²) in [7, 11) is 1.50. The van der Waals surface area contributed by atoms with Crippen LogP contribution in [-0.4, -0.2) is 24.9 Å². The number of ether oxygens (including phenoxy) is 1. The lowest BCUT2D eigenvalue weighted by atomic mass is 9.84. The van der Waals surface area contributed by atoms with Gasteiger partial charge < -0.3 is 15.2 Å². The van der Waals surface area contributed by atoms with Crippen molar-refractivity contribution < 1.29 is 19.0 Å². The van der Waals surface area contributed by atoms with E-state index in [9.17, 15) is 9.18 Å². The molecule has 0 bridgehead atoms. The Kier molecular flexibility index (Phi) is 3.93. The molecule has 0 aromatic heterocycles. The summed E-state index contributed by atoms with van der Waals surface area (Å²) in [6.07, 6.45) is -1.10. The predicted molar refractivity (Wildman–Crippen MR) is 62.0 cm³/mol. The molecule has 0 fully saturated rings. The van der Waals surface area contributed by atoms with E-state index in [1.165, 1.54) is 25.3 Å². The van der Waals surface area contributed by atoms with E-state index < -0.39 is 11.5 Å². The highest BCUT2D eigenvalue weighted by Crippen LogP contribution is 2.31. The monoisotopic (exact) mass is 241 g/mol. The van der Waals surface area contributed by atoms with Crippen LogP contribution >= 0.6 is 0 Å². The van der Waals surface area contributed by atoms with Crippen molar-refractivity contribution in [1.82, 2.24) is 5.32 Å². The zero-order chi connectivity index (χ0) is 13.1. The minimum atomic E-state index is -1.10. The quantitative estimate of drug-likeness (QED) is 0.850. The Bertz CT molecular complexity index is 418. The second kappa shape index (κ2) is 5.03. The molecule has 4 nitrogen and oxygen atoms in total. The number of rotatable bonds is 4. The van der Waals surface area contributed by atoms with Crippen LogP contribution in [0.3, 0.4) is 0 Å². The molecule has 0 radical (unpaired) electrons. The molecule has 1 amide bonds. The molecule has 0 aliphatic heterocycles. The van der Waals surface area contributed by atoms with E-state index in [4.69, 9.17) is 9.84 Å². The molecule has 1 aromatic carbocycles. The molecule has 0 aliphatic rings. The number of hydrogen-bond donors (Lipinski definition) is 2. The third kappa shape index (κ3) is 3.34. The van der Waals surface area contributed by atoms with Crippen molar-refractivity contribution in [3.05, 3.63) is 29.6 Å². The maximum Gasteiger partial charge on any atom is 0.404 e. The van der Waals surface area contributed by atoms with Crippen LogP contribution in [0, 0.1) is 5.82 Å². The van der Waals surface area contributed by atoms with Crippen molar-refractivity contribution >= 4 is 6.09 Å². The molecule has 0 saturated heterocycles. The highest BCUT2D eigenvalue weighted by molar-refractivity contribution is 5.64. The van der Waals surface area contributed by atoms with Gasteiger partial charge in [-0.05, 0) is 18.2 Å². The summed E-state index contributed by atoms with van der Waals surface area (Å²) >= 11 is 0. The van der Waals surface area contributed by atoms with E-state index in [-0.39, 0.29) is 12.4 Å². The van der Waals surface area contributed by atoms with Gasteiger partial charge in [0.1, 0.15) is 11.6 Å². The molecule has 0 heterocycles. The lowest BCUT2D eigenvalue weighted by Crippen LogP contribution is -2.36. The summed E-state index contributed by atoms with van der Waals surface area (Å²) in [5.74, 6) is 0.174. The van der Waals surface area contributed by atoms with Crippen molar-refractivity contribution in [2.45, 2.75) is 19.3 Å². The minimum Gasteiger partial charge on any atom is -0.496 e. The SMILES string of the molecule is COc1ccc(F)cc1C(C)(C)CNC(=O)O. The van der Waals surface area contributed by atoms with Gasteiger partial charge in [0.05, 0.1) is 7.11 Å². The van der Waals surface area contributed by atoms with Gasteiger partial charge in [-0.1, -0.05) is 13.8 Å². The third-order valence-corrected chi connectivity index (χ3v) is 2.57. The zero-order valence-electron chi connectivity index (χ0n) is 10.1. The number of benzene rings is 1. The Morgan fingerprint density at radius 3 is 2.71 bits per heavy atom. The number of hydrogen-bond acceptors (Lipinski definition) is 2. The predicted octanol–water partition coefficient (Wildman–Crippen LogP) is 2.38. The van der Waals surface area contributed by atoms with Crippen molar-refractivity contribution in [2.75, 3.05) is 13.7 Å². The Morgan fingerprint density at radius 1 is 1.53 bits per heavy atom. The summed E-state index contributed by atoms with van der Waals surface area (Å²) in [5, 5.41) is 10.9. The lowest BCUT2D eigenvalue weighted by molar-refractivity contribution is 0.191. The molecular weight excluding hydrogens is 225 g/mol. The summed E-state index contributed by atoms with van der Waals surface area (Å²) in [6.45, 7) is 3.82. The topological polar surface area (TPSA) is 58.6 Å². The van der Waals surface area contributed by atoms with Gasteiger partial charge >= 0.3 is 6.09 Å². The Morgan fingerprint density at radius 2 is 2.18 bits per heavy atom. The third-order valence-electron chi connectivity index (χ3n) is 2.57. The number of nitrogens with one attached hydrogen (secondary N) is 1. The van der Waals surface area contributed by atoms with Crippen molar-refractivity contribution in [2.24, 2.45) is 0 Å². The Hall–Kier alpha value is -1.78. The molecule has 5 heteroatoms. The summed E-state index contributed by atoms with van der Waals surface area (Å²) < 4.78 is 18.4. The maximum absolute atomic E-state index is 13.2. The lowest BCUT2D eigenvalue weighted by Gasteiger charge is -2.26. The van der Waals surface area contributed by atoms with Gasteiger partial charge in [-0.15, -0.1) is 0 Å². The van der Waals surface area contributed by atoms with Crippen molar-refractivity contribution in [3.63, 3.8) is 0 Å². The highest BCUT2D eigenvalue weighted by atomic mass is 19.1. The number of amides is 1. The van der Waals surface area contributed by atoms with Gasteiger partial charge in [0.15, 0.2) is 0 Å². The normalized spacial score (nSPS) is 11.1. The summed E-state index contributed by atoms with van der Waals surface area (Å²) in [5.41, 5.74) is 0.0833. The molecule has 94 valence electrons. The summed E-state index contributed by atoms with van der Waals surface area (Å²) in [6, 6.07) is 4.21. The molecule has 0 saturated carbocycles. The summed E-state index contributed by atoms with van der Waals surface area (Å²) in [4.78, 5) is 10.5. The van der Waals surface area contributed by atoms with Gasteiger partial charge in [-0.25, -0.2) is 9.18 Å². The van der Waals surface area contributed by atoms with E-state index >= 15 is 0 Å². The molecule has 0 unspecified atom stereocenters. The number of methoxy groups -OCH3 is 1. The van der Waals surface area contributed by atoms with Crippen molar-refractivity contribution in [3.8, 4) is 5.75 Å². The van der Waals surface area contributed by atoms with Crippen LogP contribution in [0.25, 0.3) is 0 Å². The molecule has 1 aromatic rings. The fourth-order valence-corrected chi connectivity index (χ4v) is 1.60. The average Bonchev–Trinajstić information content (AvgIpc) is 2.26. The van der Waals surface area contributed by atoms with E-state index in [0.29, 0.717) is 11.3 Å². The van der Waals surface area contributed by atoms with E-state index in [1.54, 1.807) is 0 Å². The number of carbonyl (C=O) groups is 1. The molecular formula is C12H16FNO3. The first-order valence-corrected chi connectivity index (χ1v) is 5.17. The average molecular weight is 241 g/mol. The van der Waals surface area contributed by atoms with Crippen LogP contribution in [0.15, 0.2) is 18.2 Å². The van der Waals surface area contributed by atoms with Crippen LogP contribution in [0.1, 0.15) is 19.4 Å². The van der Waals surface area contributed by atoms with E-state index in [1.807, 2.05) is 13.8 Å². The van der Waals surface area contributed by atoms with Crippen LogP contribution in [0.2, 0.25) is 0 Å². The molecule has 1 rings (SSSR count). The largest absolute Gasteiger partial charge is 0.496 e. The first kappa shape index (κ1) is 13.3. The van der Waals surface area contributed by atoms with Crippen LogP contribution < -0.4 is 10.1 Å². The molecule has 0 atom stereocenters. The van der Waals surface area contributed by atoms with Gasteiger partial charge in [-0.3, -0.25) is 0 Å². The van der Waals surface area contributed by atoms with E-state index in [2.05, 4.69) is 5.32 Å². The van der Waals surface area contributed by atoms with Gasteiger partial charge in [0, 0.05) is 17.5 Å². The Labute approximate surface area is 99.4 Å². The number of carboxylic acid groups (broad SMARTS) is 1. The minimum absolute atomic E-state index is 0.183. The van der Waals surface area contributed by atoms with Crippen LogP contribution in [0.5, 0.6) is 5.75 Å². The first-order chi connectivity index (χ1) is 7.86. The standard InChI is InChI=1S/C12H16FNO3/c1-12(2,7-14-11(15)16)9-6-8(13)4-5-10(9)17-3/h4-6,14H,7H2,1-3H3,(H,15,16). The molecule has 17 heavy (non-hydrogen) atoms. The molecule has 0 aliphatic carbocycles. The van der Waals surface area contributed by atoms with Gasteiger partial charge in [0.25, 0.3) is 0 Å². The fraction of sp³-hybridized carbons (Fsp3) is 0.417. The highest BCUT2D eigenvalue weighted by Gasteiger charge is 2.25. The second-order valence-corrected chi connectivity index (χ2v) is 4.39.